The first kappa shape index (κ1) is 20.5. The molecule has 7 heteroatoms. The Morgan fingerprint density at radius 1 is 1.07 bits per heavy atom. The molecule has 2 aliphatic rings. The number of likely N-dealkylation sites (tertiary alicyclic amines) is 1. The summed E-state index contributed by atoms with van der Waals surface area (Å²) in [5.74, 6) is 0.0924. The summed E-state index contributed by atoms with van der Waals surface area (Å²) in [5, 5.41) is 3.07. The Hall–Kier alpha value is -2.77. The van der Waals surface area contributed by atoms with Crippen LogP contribution in [0.5, 0.6) is 0 Å². The highest BCUT2D eigenvalue weighted by Gasteiger charge is 2.35. The second kappa shape index (κ2) is 8.93. The number of carbonyl (C=O) groups excluding carboxylic acids is 2. The van der Waals surface area contributed by atoms with Crippen LogP contribution in [0.3, 0.4) is 0 Å². The van der Waals surface area contributed by atoms with Gasteiger partial charge in [-0.25, -0.2) is 10.9 Å². The number of hydrogen-bond donors (Lipinski definition) is 3. The minimum absolute atomic E-state index is 0.0502. The Bertz CT molecular complexity index is 909. The van der Waals surface area contributed by atoms with Gasteiger partial charge in [-0.3, -0.25) is 14.6 Å². The van der Waals surface area contributed by atoms with Gasteiger partial charge in [-0.2, -0.15) is 0 Å². The Morgan fingerprint density at radius 3 is 2.53 bits per heavy atom. The molecule has 0 spiro atoms. The van der Waals surface area contributed by atoms with Crippen molar-refractivity contribution in [1.82, 2.24) is 20.7 Å². The average Bonchev–Trinajstić information content (AvgIpc) is 3.27. The Balaban J connectivity index is 1.28. The molecular weight excluding hydrogens is 378 g/mol. The summed E-state index contributed by atoms with van der Waals surface area (Å²) >= 11 is 0. The number of carbonyl (C=O) groups is 2. The van der Waals surface area contributed by atoms with Crippen molar-refractivity contribution in [3.05, 3.63) is 59.4 Å². The van der Waals surface area contributed by atoms with Gasteiger partial charge in [-0.05, 0) is 68.0 Å². The zero-order chi connectivity index (χ0) is 21.1. The molecule has 0 radical (unpaired) electrons. The maximum Gasteiger partial charge on any atom is 0.241 e. The molecule has 1 aromatic carbocycles. The van der Waals surface area contributed by atoms with Crippen LogP contribution in [-0.4, -0.2) is 40.8 Å². The second-order valence-electron chi connectivity index (χ2n) is 8.32. The van der Waals surface area contributed by atoms with E-state index < -0.39 is 0 Å². The van der Waals surface area contributed by atoms with E-state index in [-0.39, 0.29) is 29.8 Å². The Kier molecular flexibility index (Phi) is 6.11. The number of hydrogen-bond acceptors (Lipinski definition) is 5. The molecule has 3 heterocycles. The highest BCUT2D eigenvalue weighted by Crippen LogP contribution is 2.25. The fourth-order valence-corrected chi connectivity index (χ4v) is 4.22. The number of piperidine rings is 1. The van der Waals surface area contributed by atoms with E-state index in [0.717, 1.165) is 22.4 Å². The van der Waals surface area contributed by atoms with Gasteiger partial charge < -0.3 is 10.2 Å². The summed E-state index contributed by atoms with van der Waals surface area (Å²) < 4.78 is 0. The number of nitrogens with one attached hydrogen (secondary N) is 3. The van der Waals surface area contributed by atoms with Crippen LogP contribution in [-0.2, 0) is 9.59 Å². The van der Waals surface area contributed by atoms with Gasteiger partial charge in [0.1, 0.15) is 6.04 Å². The Labute approximate surface area is 177 Å². The van der Waals surface area contributed by atoms with E-state index in [2.05, 4.69) is 21.2 Å². The molecule has 3 N–H and O–H groups in total. The molecule has 0 aliphatic carbocycles. The molecule has 30 heavy (non-hydrogen) atoms. The summed E-state index contributed by atoms with van der Waals surface area (Å²) in [4.78, 5) is 31.6. The number of amides is 2. The highest BCUT2D eigenvalue weighted by atomic mass is 16.2. The topological polar surface area (TPSA) is 86.4 Å². The highest BCUT2D eigenvalue weighted by molar-refractivity contribution is 5.93. The third-order valence-corrected chi connectivity index (χ3v) is 6.14. The zero-order valence-corrected chi connectivity index (χ0v) is 17.5. The SMILES string of the molecule is Cc1ccc(C)c(NC(=O)C2CCN(C(=O)C3CC(c4ccncc4)NN3)CC2)c1. The van der Waals surface area contributed by atoms with Crippen LogP contribution in [0.25, 0.3) is 0 Å². The molecule has 1 aromatic heterocycles. The van der Waals surface area contributed by atoms with Crippen molar-refractivity contribution in [2.24, 2.45) is 5.92 Å². The first-order valence-corrected chi connectivity index (χ1v) is 10.6. The molecule has 2 amide bonds. The second-order valence-corrected chi connectivity index (χ2v) is 8.32. The van der Waals surface area contributed by atoms with Crippen LogP contribution >= 0.6 is 0 Å². The first-order valence-electron chi connectivity index (χ1n) is 10.6. The lowest BCUT2D eigenvalue weighted by atomic mass is 9.94. The van der Waals surface area contributed by atoms with Crippen molar-refractivity contribution in [2.45, 2.75) is 45.2 Å². The first-order chi connectivity index (χ1) is 14.5. The van der Waals surface area contributed by atoms with Crippen LogP contribution in [0.2, 0.25) is 0 Å². The van der Waals surface area contributed by atoms with Gasteiger partial charge in [0.15, 0.2) is 0 Å². The molecule has 2 aliphatic heterocycles. The van der Waals surface area contributed by atoms with E-state index >= 15 is 0 Å². The normalized spacial score (nSPS) is 22.1. The summed E-state index contributed by atoms with van der Waals surface area (Å²) in [7, 11) is 0. The van der Waals surface area contributed by atoms with Gasteiger partial charge in [-0.15, -0.1) is 0 Å². The van der Waals surface area contributed by atoms with Gasteiger partial charge in [0, 0.05) is 43.1 Å². The average molecular weight is 408 g/mol. The number of pyridine rings is 1. The van der Waals surface area contributed by atoms with Gasteiger partial charge in [-0.1, -0.05) is 12.1 Å². The fraction of sp³-hybridized carbons (Fsp3) is 0.435. The lowest BCUT2D eigenvalue weighted by molar-refractivity contribution is -0.136. The van der Waals surface area contributed by atoms with Crippen molar-refractivity contribution in [2.75, 3.05) is 18.4 Å². The minimum atomic E-state index is -0.247. The lowest BCUT2D eigenvalue weighted by Crippen LogP contribution is -2.49. The van der Waals surface area contributed by atoms with Gasteiger partial charge in [0.05, 0.1) is 0 Å². The van der Waals surface area contributed by atoms with Gasteiger partial charge >= 0.3 is 0 Å². The minimum Gasteiger partial charge on any atom is -0.341 e. The molecule has 2 aromatic rings. The Morgan fingerprint density at radius 2 is 1.80 bits per heavy atom. The molecule has 2 unspecified atom stereocenters. The standard InChI is InChI=1S/C23H29N5O2/c1-15-3-4-16(2)19(13-15)25-22(29)18-7-11-28(12-8-18)23(30)21-14-20(26-27-21)17-5-9-24-10-6-17/h3-6,9-10,13,18,20-21,26-27H,7-8,11-12,14H2,1-2H3,(H,25,29). The van der Waals surface area contributed by atoms with Crippen molar-refractivity contribution < 1.29 is 9.59 Å². The van der Waals surface area contributed by atoms with Crippen molar-refractivity contribution in [1.29, 1.82) is 0 Å². The quantitative estimate of drug-likeness (QED) is 0.725. The van der Waals surface area contributed by atoms with Crippen LogP contribution in [0.15, 0.2) is 42.7 Å². The number of nitrogens with zero attached hydrogens (tertiary/aromatic N) is 2. The fourth-order valence-electron chi connectivity index (χ4n) is 4.22. The predicted octanol–water partition coefficient (Wildman–Crippen LogP) is 2.48. The van der Waals surface area contributed by atoms with Gasteiger partial charge in [0.2, 0.25) is 11.8 Å². The number of aromatic nitrogens is 1. The molecule has 4 rings (SSSR count). The molecule has 0 bridgehead atoms. The van der Waals surface area contributed by atoms with E-state index in [0.29, 0.717) is 32.4 Å². The molecule has 0 saturated carbocycles. The van der Waals surface area contributed by atoms with E-state index in [1.54, 1.807) is 12.4 Å². The number of anilines is 1. The number of aryl methyl sites for hydroxylation is 2. The molecule has 2 saturated heterocycles. The predicted molar refractivity (Wildman–Crippen MR) is 116 cm³/mol. The third kappa shape index (κ3) is 4.52. The van der Waals surface area contributed by atoms with E-state index in [4.69, 9.17) is 0 Å². The van der Waals surface area contributed by atoms with Crippen LogP contribution < -0.4 is 16.2 Å². The molecule has 158 valence electrons. The molecular formula is C23H29N5O2. The van der Waals surface area contributed by atoms with Crippen molar-refractivity contribution in [3.63, 3.8) is 0 Å². The van der Waals surface area contributed by atoms with Crippen molar-refractivity contribution in [3.8, 4) is 0 Å². The number of rotatable bonds is 4. The van der Waals surface area contributed by atoms with Crippen LogP contribution in [0.1, 0.15) is 42.0 Å². The molecule has 7 nitrogen and oxygen atoms in total. The van der Waals surface area contributed by atoms with E-state index in [9.17, 15) is 9.59 Å². The van der Waals surface area contributed by atoms with Gasteiger partial charge in [0.25, 0.3) is 0 Å². The lowest BCUT2D eigenvalue weighted by Gasteiger charge is -2.33. The van der Waals surface area contributed by atoms with Crippen LogP contribution in [0.4, 0.5) is 5.69 Å². The summed E-state index contributed by atoms with van der Waals surface area (Å²) in [6, 6.07) is 9.85. The smallest absolute Gasteiger partial charge is 0.241 e. The monoisotopic (exact) mass is 407 g/mol. The summed E-state index contributed by atoms with van der Waals surface area (Å²) in [6.07, 6.45) is 5.61. The van der Waals surface area contributed by atoms with E-state index in [1.165, 1.54) is 0 Å². The number of benzene rings is 1. The largest absolute Gasteiger partial charge is 0.341 e. The zero-order valence-electron chi connectivity index (χ0n) is 17.5. The van der Waals surface area contributed by atoms with E-state index in [1.807, 2.05) is 49.1 Å². The number of hydrazine groups is 1. The summed E-state index contributed by atoms with van der Waals surface area (Å²) in [5.41, 5.74) is 10.5. The maximum atomic E-state index is 12.9. The maximum absolute atomic E-state index is 12.9. The molecule has 2 atom stereocenters. The molecule has 2 fully saturated rings. The third-order valence-electron chi connectivity index (χ3n) is 6.14. The summed E-state index contributed by atoms with van der Waals surface area (Å²) in [6.45, 7) is 5.24. The van der Waals surface area contributed by atoms with Crippen LogP contribution in [0, 0.1) is 19.8 Å². The van der Waals surface area contributed by atoms with Crippen molar-refractivity contribution >= 4 is 17.5 Å².